The SMILES string of the molecule is CC(C)c1cc(-c2c(F)ccc(F)c2F)cc(C(C)C)c1O. The van der Waals surface area contributed by atoms with E-state index < -0.39 is 23.0 Å². The molecule has 1 nitrogen and oxygen atoms in total. The maximum atomic E-state index is 14.0. The zero-order valence-corrected chi connectivity index (χ0v) is 13.0. The van der Waals surface area contributed by atoms with E-state index >= 15 is 0 Å². The molecule has 2 aromatic carbocycles. The Morgan fingerprint density at radius 3 is 1.73 bits per heavy atom. The van der Waals surface area contributed by atoms with Crippen molar-refractivity contribution < 1.29 is 18.3 Å². The van der Waals surface area contributed by atoms with Gasteiger partial charge in [-0.1, -0.05) is 27.7 Å². The second kappa shape index (κ2) is 6.03. The summed E-state index contributed by atoms with van der Waals surface area (Å²) in [5.74, 6) is -3.06. The fourth-order valence-corrected chi connectivity index (χ4v) is 2.50. The molecule has 0 aliphatic rings. The Balaban J connectivity index is 2.80. The van der Waals surface area contributed by atoms with Crippen molar-refractivity contribution in [3.63, 3.8) is 0 Å². The quantitative estimate of drug-likeness (QED) is 0.719. The molecule has 0 atom stereocenters. The first-order valence-corrected chi connectivity index (χ1v) is 7.24. The molecule has 0 aromatic heterocycles. The lowest BCUT2D eigenvalue weighted by Gasteiger charge is -2.18. The molecular weight excluding hydrogens is 289 g/mol. The summed E-state index contributed by atoms with van der Waals surface area (Å²) in [7, 11) is 0. The normalized spacial score (nSPS) is 11.5. The monoisotopic (exact) mass is 308 g/mol. The third-order valence-electron chi connectivity index (χ3n) is 3.75. The lowest BCUT2D eigenvalue weighted by atomic mass is 9.89. The topological polar surface area (TPSA) is 20.2 Å². The number of phenols is 1. The van der Waals surface area contributed by atoms with E-state index in [1.54, 1.807) is 0 Å². The number of phenolic OH excluding ortho intramolecular Hbond substituents is 1. The Morgan fingerprint density at radius 1 is 0.818 bits per heavy atom. The first-order valence-electron chi connectivity index (χ1n) is 7.24. The summed E-state index contributed by atoms with van der Waals surface area (Å²) < 4.78 is 41.5. The van der Waals surface area contributed by atoms with E-state index in [0.717, 1.165) is 12.1 Å². The maximum absolute atomic E-state index is 14.0. The lowest BCUT2D eigenvalue weighted by molar-refractivity contribution is 0.454. The van der Waals surface area contributed by atoms with Crippen LogP contribution in [0, 0.1) is 17.5 Å². The van der Waals surface area contributed by atoms with Crippen molar-refractivity contribution in [2.24, 2.45) is 0 Å². The summed E-state index contributed by atoms with van der Waals surface area (Å²) in [6.07, 6.45) is 0. The van der Waals surface area contributed by atoms with Gasteiger partial charge in [-0.3, -0.25) is 0 Å². The van der Waals surface area contributed by atoms with Gasteiger partial charge in [0.05, 0.1) is 5.56 Å². The molecule has 4 heteroatoms. The molecule has 0 spiro atoms. The van der Waals surface area contributed by atoms with E-state index in [1.165, 1.54) is 12.1 Å². The second-order valence-corrected chi connectivity index (χ2v) is 6.03. The van der Waals surface area contributed by atoms with Gasteiger partial charge in [0.2, 0.25) is 0 Å². The van der Waals surface area contributed by atoms with Crippen LogP contribution in [0.3, 0.4) is 0 Å². The van der Waals surface area contributed by atoms with Gasteiger partial charge in [0, 0.05) is 0 Å². The number of aromatic hydroxyl groups is 1. The predicted octanol–water partition coefficient (Wildman–Crippen LogP) is 5.72. The minimum atomic E-state index is -1.21. The number of halogens is 3. The summed E-state index contributed by atoms with van der Waals surface area (Å²) in [6.45, 7) is 7.50. The molecule has 0 heterocycles. The van der Waals surface area contributed by atoms with Crippen molar-refractivity contribution in [1.82, 2.24) is 0 Å². The zero-order chi connectivity index (χ0) is 16.6. The Labute approximate surface area is 128 Å². The van der Waals surface area contributed by atoms with E-state index in [9.17, 15) is 18.3 Å². The highest BCUT2D eigenvalue weighted by Gasteiger charge is 2.21. The lowest BCUT2D eigenvalue weighted by Crippen LogP contribution is -2.00. The Hall–Kier alpha value is -1.97. The molecule has 0 amide bonds. The van der Waals surface area contributed by atoms with Gasteiger partial charge in [-0.15, -0.1) is 0 Å². The van der Waals surface area contributed by atoms with Crippen LogP contribution in [0.4, 0.5) is 13.2 Å². The van der Waals surface area contributed by atoms with E-state index in [-0.39, 0.29) is 23.1 Å². The highest BCUT2D eigenvalue weighted by Crippen LogP contribution is 2.39. The molecule has 118 valence electrons. The molecule has 1 N–H and O–H groups in total. The van der Waals surface area contributed by atoms with Gasteiger partial charge in [0.1, 0.15) is 11.6 Å². The third-order valence-corrected chi connectivity index (χ3v) is 3.75. The summed E-state index contributed by atoms with van der Waals surface area (Å²) >= 11 is 0. The van der Waals surface area contributed by atoms with E-state index in [4.69, 9.17) is 0 Å². The average molecular weight is 308 g/mol. The molecule has 0 bridgehead atoms. The predicted molar refractivity (Wildman–Crippen MR) is 81.6 cm³/mol. The van der Waals surface area contributed by atoms with E-state index in [2.05, 4.69) is 0 Å². The number of benzene rings is 2. The van der Waals surface area contributed by atoms with Crippen molar-refractivity contribution in [2.45, 2.75) is 39.5 Å². The van der Waals surface area contributed by atoms with Crippen LogP contribution in [0.25, 0.3) is 11.1 Å². The van der Waals surface area contributed by atoms with Crippen molar-refractivity contribution in [3.8, 4) is 16.9 Å². The minimum Gasteiger partial charge on any atom is -0.507 e. The minimum absolute atomic E-state index is 0.0304. The first kappa shape index (κ1) is 16.4. The van der Waals surface area contributed by atoms with Crippen LogP contribution in [0.5, 0.6) is 5.75 Å². The van der Waals surface area contributed by atoms with Crippen molar-refractivity contribution in [1.29, 1.82) is 0 Å². The van der Waals surface area contributed by atoms with Crippen LogP contribution in [0.2, 0.25) is 0 Å². The average Bonchev–Trinajstić information content (AvgIpc) is 2.44. The highest BCUT2D eigenvalue weighted by molar-refractivity contribution is 5.69. The third kappa shape index (κ3) is 2.82. The smallest absolute Gasteiger partial charge is 0.169 e. The molecule has 2 rings (SSSR count). The van der Waals surface area contributed by atoms with Gasteiger partial charge in [-0.25, -0.2) is 13.2 Å². The number of hydrogen-bond donors (Lipinski definition) is 1. The number of rotatable bonds is 3. The Bertz CT molecular complexity index is 677. The summed E-state index contributed by atoms with van der Waals surface area (Å²) in [5.41, 5.74) is 1.01. The van der Waals surface area contributed by atoms with Crippen LogP contribution >= 0.6 is 0 Å². The van der Waals surface area contributed by atoms with E-state index in [0.29, 0.717) is 11.1 Å². The first-order chi connectivity index (χ1) is 10.2. The second-order valence-electron chi connectivity index (χ2n) is 6.03. The highest BCUT2D eigenvalue weighted by atomic mass is 19.2. The van der Waals surface area contributed by atoms with Crippen molar-refractivity contribution in [3.05, 3.63) is 52.8 Å². The maximum Gasteiger partial charge on any atom is 0.169 e. The largest absolute Gasteiger partial charge is 0.507 e. The molecular formula is C18H19F3O. The molecule has 0 saturated heterocycles. The molecule has 0 saturated carbocycles. The van der Waals surface area contributed by atoms with Gasteiger partial charge < -0.3 is 5.11 Å². The zero-order valence-electron chi connectivity index (χ0n) is 13.0. The summed E-state index contributed by atoms with van der Waals surface area (Å²) in [4.78, 5) is 0. The van der Waals surface area contributed by atoms with Crippen LogP contribution in [-0.4, -0.2) is 5.11 Å². The van der Waals surface area contributed by atoms with Gasteiger partial charge in [-0.2, -0.15) is 0 Å². The Kier molecular flexibility index (Phi) is 4.50. The molecule has 0 unspecified atom stereocenters. The van der Waals surface area contributed by atoms with Gasteiger partial charge in [-0.05, 0) is 52.8 Å². The summed E-state index contributed by atoms with van der Waals surface area (Å²) in [5, 5.41) is 10.3. The van der Waals surface area contributed by atoms with Gasteiger partial charge in [0.15, 0.2) is 11.6 Å². The molecule has 0 aliphatic heterocycles. The Morgan fingerprint density at radius 2 is 1.27 bits per heavy atom. The molecule has 0 radical (unpaired) electrons. The van der Waals surface area contributed by atoms with E-state index in [1.807, 2.05) is 27.7 Å². The van der Waals surface area contributed by atoms with Crippen LogP contribution in [0.1, 0.15) is 50.7 Å². The molecule has 0 aliphatic carbocycles. The molecule has 2 aromatic rings. The fourth-order valence-electron chi connectivity index (χ4n) is 2.50. The van der Waals surface area contributed by atoms with Gasteiger partial charge >= 0.3 is 0 Å². The van der Waals surface area contributed by atoms with Crippen LogP contribution in [-0.2, 0) is 0 Å². The standard InChI is InChI=1S/C18H19F3O/c1-9(2)12-7-11(8-13(10(3)4)18(12)22)16-14(19)5-6-15(20)17(16)21/h5-10,22H,1-4H3. The van der Waals surface area contributed by atoms with Crippen molar-refractivity contribution >= 4 is 0 Å². The molecule has 22 heavy (non-hydrogen) atoms. The van der Waals surface area contributed by atoms with Crippen LogP contribution in [0.15, 0.2) is 24.3 Å². The molecule has 0 fully saturated rings. The number of hydrogen-bond acceptors (Lipinski definition) is 1. The fraction of sp³-hybridized carbons (Fsp3) is 0.333. The van der Waals surface area contributed by atoms with Gasteiger partial charge in [0.25, 0.3) is 0 Å². The summed E-state index contributed by atoms with van der Waals surface area (Å²) in [6, 6.07) is 4.71. The van der Waals surface area contributed by atoms with Crippen molar-refractivity contribution in [2.75, 3.05) is 0 Å². The van der Waals surface area contributed by atoms with Crippen LogP contribution < -0.4 is 0 Å².